The standard InChI is InChI=1S/C12H20N2O4S/c1-2-8-19(17,18)9-7-14-11(16)13-10(15)12(14)5-3-4-6-12/h2-9H2,1H3,(H,13,15,16). The number of imide groups is 1. The lowest BCUT2D eigenvalue weighted by molar-refractivity contribution is -0.126. The molecule has 2 aliphatic rings. The van der Waals surface area contributed by atoms with E-state index in [0.717, 1.165) is 12.8 Å². The summed E-state index contributed by atoms with van der Waals surface area (Å²) in [6.45, 7) is 1.92. The van der Waals surface area contributed by atoms with Gasteiger partial charge in [-0.25, -0.2) is 13.2 Å². The summed E-state index contributed by atoms with van der Waals surface area (Å²) >= 11 is 0. The summed E-state index contributed by atoms with van der Waals surface area (Å²) in [5.41, 5.74) is -0.779. The first-order valence-electron chi connectivity index (χ1n) is 6.75. The second kappa shape index (κ2) is 5.11. The average molecular weight is 288 g/mol. The highest BCUT2D eigenvalue weighted by molar-refractivity contribution is 7.91. The van der Waals surface area contributed by atoms with Crippen LogP contribution in [0.25, 0.3) is 0 Å². The van der Waals surface area contributed by atoms with E-state index < -0.39 is 21.4 Å². The number of rotatable bonds is 5. The Labute approximate surface area is 113 Å². The molecule has 1 saturated heterocycles. The summed E-state index contributed by atoms with van der Waals surface area (Å²) in [5.74, 6) is -0.199. The second-order valence-corrected chi connectivity index (χ2v) is 7.61. The maximum Gasteiger partial charge on any atom is 0.325 e. The number of amides is 3. The molecule has 19 heavy (non-hydrogen) atoms. The summed E-state index contributed by atoms with van der Waals surface area (Å²) in [5, 5.41) is 2.32. The molecule has 1 spiro atoms. The van der Waals surface area contributed by atoms with Gasteiger partial charge in [0.15, 0.2) is 9.84 Å². The number of carbonyl (C=O) groups is 2. The lowest BCUT2D eigenvalue weighted by atomic mass is 9.96. The SMILES string of the molecule is CCCS(=O)(=O)CCN1C(=O)NC(=O)C12CCCC2. The van der Waals surface area contributed by atoms with E-state index in [4.69, 9.17) is 0 Å². The highest BCUT2D eigenvalue weighted by atomic mass is 32.2. The summed E-state index contributed by atoms with van der Waals surface area (Å²) in [7, 11) is -3.14. The molecule has 3 amide bonds. The van der Waals surface area contributed by atoms with Crippen LogP contribution in [0.3, 0.4) is 0 Å². The fourth-order valence-corrected chi connectivity index (χ4v) is 4.30. The molecule has 0 aromatic carbocycles. The van der Waals surface area contributed by atoms with Gasteiger partial charge in [0.25, 0.3) is 5.91 Å². The molecule has 1 aliphatic heterocycles. The largest absolute Gasteiger partial charge is 0.325 e. The predicted molar refractivity (Wildman–Crippen MR) is 70.4 cm³/mol. The van der Waals surface area contributed by atoms with Gasteiger partial charge in [0.05, 0.1) is 5.75 Å². The van der Waals surface area contributed by atoms with Gasteiger partial charge in [-0.2, -0.15) is 0 Å². The van der Waals surface area contributed by atoms with E-state index in [1.807, 2.05) is 6.92 Å². The Bertz CT molecular complexity index is 480. The third-order valence-corrected chi connectivity index (χ3v) is 5.81. The van der Waals surface area contributed by atoms with E-state index in [1.54, 1.807) is 0 Å². The summed E-state index contributed by atoms with van der Waals surface area (Å²) in [6, 6.07) is -0.446. The third-order valence-electron chi connectivity index (χ3n) is 3.98. The van der Waals surface area contributed by atoms with Crippen molar-refractivity contribution in [3.8, 4) is 0 Å². The van der Waals surface area contributed by atoms with Gasteiger partial charge >= 0.3 is 6.03 Å². The van der Waals surface area contributed by atoms with Gasteiger partial charge in [0, 0.05) is 12.3 Å². The fourth-order valence-electron chi connectivity index (χ4n) is 3.01. The van der Waals surface area contributed by atoms with E-state index in [2.05, 4.69) is 5.32 Å². The van der Waals surface area contributed by atoms with Crippen LogP contribution in [0.1, 0.15) is 39.0 Å². The minimum atomic E-state index is -3.14. The number of hydrogen-bond acceptors (Lipinski definition) is 4. The molecule has 0 unspecified atom stereocenters. The zero-order chi connectivity index (χ0) is 14.1. The number of nitrogens with zero attached hydrogens (tertiary/aromatic N) is 1. The molecule has 108 valence electrons. The number of carbonyl (C=O) groups excluding carboxylic acids is 2. The number of nitrogens with one attached hydrogen (secondary N) is 1. The second-order valence-electron chi connectivity index (χ2n) is 5.30. The molecule has 2 rings (SSSR count). The first kappa shape index (κ1) is 14.3. The molecule has 6 nitrogen and oxygen atoms in total. The third kappa shape index (κ3) is 2.61. The monoisotopic (exact) mass is 288 g/mol. The highest BCUT2D eigenvalue weighted by Crippen LogP contribution is 2.38. The van der Waals surface area contributed by atoms with Crippen molar-refractivity contribution in [2.24, 2.45) is 0 Å². The molecule has 0 aromatic rings. The number of sulfone groups is 1. The Morgan fingerprint density at radius 3 is 2.42 bits per heavy atom. The molecule has 1 saturated carbocycles. The van der Waals surface area contributed by atoms with Crippen LogP contribution in [0.15, 0.2) is 0 Å². The van der Waals surface area contributed by atoms with Crippen molar-refractivity contribution in [2.45, 2.75) is 44.6 Å². The maximum atomic E-state index is 11.9. The van der Waals surface area contributed by atoms with Gasteiger partial charge in [0.2, 0.25) is 0 Å². The van der Waals surface area contributed by atoms with Crippen molar-refractivity contribution in [3.63, 3.8) is 0 Å². The predicted octanol–water partition coefficient (Wildman–Crippen LogP) is 0.676. The highest BCUT2D eigenvalue weighted by Gasteiger charge is 2.53. The van der Waals surface area contributed by atoms with E-state index in [9.17, 15) is 18.0 Å². The van der Waals surface area contributed by atoms with Crippen LogP contribution >= 0.6 is 0 Å². The average Bonchev–Trinajstić information content (AvgIpc) is 2.86. The number of hydrogen-bond donors (Lipinski definition) is 1. The molecule has 1 aliphatic carbocycles. The molecule has 0 bridgehead atoms. The van der Waals surface area contributed by atoms with E-state index in [0.29, 0.717) is 19.3 Å². The minimum absolute atomic E-state index is 0.0662. The molecule has 0 radical (unpaired) electrons. The molecule has 1 N–H and O–H groups in total. The Kier molecular flexibility index (Phi) is 3.85. The Morgan fingerprint density at radius 2 is 1.84 bits per heavy atom. The lowest BCUT2D eigenvalue weighted by Crippen LogP contribution is -2.49. The molecular formula is C12H20N2O4S. The van der Waals surface area contributed by atoms with Gasteiger partial charge in [-0.1, -0.05) is 19.8 Å². The minimum Gasteiger partial charge on any atom is -0.309 e. The Hall–Kier alpha value is -1.11. The van der Waals surface area contributed by atoms with Gasteiger partial charge in [-0.15, -0.1) is 0 Å². The molecule has 2 fully saturated rings. The van der Waals surface area contributed by atoms with Gasteiger partial charge < -0.3 is 4.90 Å². The van der Waals surface area contributed by atoms with Gasteiger partial charge in [-0.05, 0) is 19.3 Å². The van der Waals surface area contributed by atoms with Gasteiger partial charge in [-0.3, -0.25) is 10.1 Å². The zero-order valence-electron chi connectivity index (χ0n) is 11.1. The quantitative estimate of drug-likeness (QED) is 0.754. The van der Waals surface area contributed by atoms with Crippen molar-refractivity contribution >= 4 is 21.8 Å². The smallest absolute Gasteiger partial charge is 0.309 e. The van der Waals surface area contributed by atoms with Crippen molar-refractivity contribution in [1.29, 1.82) is 0 Å². The van der Waals surface area contributed by atoms with Gasteiger partial charge in [0.1, 0.15) is 5.54 Å². The van der Waals surface area contributed by atoms with Crippen LogP contribution in [0, 0.1) is 0 Å². The van der Waals surface area contributed by atoms with Crippen molar-refractivity contribution < 1.29 is 18.0 Å². The normalized spacial score (nSPS) is 22.3. The zero-order valence-corrected chi connectivity index (χ0v) is 12.0. The summed E-state index contributed by atoms with van der Waals surface area (Å²) in [4.78, 5) is 25.2. The lowest BCUT2D eigenvalue weighted by Gasteiger charge is -2.31. The van der Waals surface area contributed by atoms with Crippen LogP contribution in [-0.2, 0) is 14.6 Å². The summed E-state index contributed by atoms with van der Waals surface area (Å²) in [6.07, 6.45) is 3.65. The Morgan fingerprint density at radius 1 is 1.21 bits per heavy atom. The molecule has 0 atom stereocenters. The first-order chi connectivity index (χ1) is 8.91. The van der Waals surface area contributed by atoms with Crippen LogP contribution in [-0.4, -0.2) is 48.8 Å². The molecular weight excluding hydrogens is 268 g/mol. The summed E-state index contributed by atoms with van der Waals surface area (Å²) < 4.78 is 23.5. The van der Waals surface area contributed by atoms with Crippen molar-refractivity contribution in [1.82, 2.24) is 10.2 Å². The fraction of sp³-hybridized carbons (Fsp3) is 0.833. The van der Waals surface area contributed by atoms with Crippen molar-refractivity contribution in [2.75, 3.05) is 18.1 Å². The van der Waals surface area contributed by atoms with Crippen LogP contribution < -0.4 is 5.32 Å². The Balaban J connectivity index is 2.10. The van der Waals surface area contributed by atoms with E-state index in [1.165, 1.54) is 4.90 Å². The van der Waals surface area contributed by atoms with Crippen molar-refractivity contribution in [3.05, 3.63) is 0 Å². The molecule has 1 heterocycles. The van der Waals surface area contributed by atoms with Crippen LogP contribution in [0.4, 0.5) is 4.79 Å². The first-order valence-corrected chi connectivity index (χ1v) is 8.57. The molecule has 0 aromatic heterocycles. The topological polar surface area (TPSA) is 83.6 Å². The number of urea groups is 1. The van der Waals surface area contributed by atoms with E-state index in [-0.39, 0.29) is 24.0 Å². The molecule has 7 heteroatoms. The van der Waals surface area contributed by atoms with Crippen LogP contribution in [0.2, 0.25) is 0 Å². The maximum absolute atomic E-state index is 11.9. The van der Waals surface area contributed by atoms with Crippen LogP contribution in [0.5, 0.6) is 0 Å². The van der Waals surface area contributed by atoms with E-state index >= 15 is 0 Å².